The largest absolute Gasteiger partial charge is 0.485 e. The predicted molar refractivity (Wildman–Crippen MR) is 120 cm³/mol. The average molecular weight is 436 g/mol. The maximum absolute atomic E-state index is 13.4. The van der Waals surface area contributed by atoms with Crippen LogP contribution in [0.1, 0.15) is 24.4 Å². The Morgan fingerprint density at radius 1 is 0.781 bits per heavy atom. The van der Waals surface area contributed by atoms with E-state index in [2.05, 4.69) is 4.90 Å². The third kappa shape index (κ3) is 4.17. The van der Waals surface area contributed by atoms with Crippen molar-refractivity contribution in [3.8, 4) is 11.5 Å². The summed E-state index contributed by atoms with van der Waals surface area (Å²) in [4.78, 5) is 32.5. The minimum atomic E-state index is -0.632. The summed E-state index contributed by atoms with van der Waals surface area (Å²) in [5.41, 5.74) is 1.02. The number of para-hydroxylation sites is 2. The van der Waals surface area contributed by atoms with E-state index in [1.165, 1.54) is 0 Å². The van der Waals surface area contributed by atoms with Crippen LogP contribution >= 0.6 is 0 Å². The molecule has 0 N–H and O–H groups in total. The van der Waals surface area contributed by atoms with Crippen molar-refractivity contribution in [1.82, 2.24) is 14.7 Å². The van der Waals surface area contributed by atoms with Gasteiger partial charge in [-0.3, -0.25) is 14.5 Å². The first kappa shape index (κ1) is 20.8. The number of ether oxygens (including phenoxy) is 2. The fourth-order valence-electron chi connectivity index (χ4n) is 4.80. The zero-order valence-electron chi connectivity index (χ0n) is 18.2. The first-order valence-electron chi connectivity index (χ1n) is 11.5. The number of piperazine rings is 1. The van der Waals surface area contributed by atoms with Gasteiger partial charge in [0.05, 0.1) is 0 Å². The van der Waals surface area contributed by atoms with E-state index < -0.39 is 6.10 Å². The molecule has 0 radical (unpaired) electrons. The Kier molecular flexibility index (Phi) is 5.99. The Balaban J connectivity index is 1.25. The molecule has 2 aromatic carbocycles. The number of amides is 2. The molecule has 2 fully saturated rings. The summed E-state index contributed by atoms with van der Waals surface area (Å²) in [5.74, 6) is 1.40. The van der Waals surface area contributed by atoms with Crippen molar-refractivity contribution >= 4 is 11.8 Å². The Labute approximate surface area is 188 Å². The van der Waals surface area contributed by atoms with Crippen LogP contribution in [0, 0.1) is 0 Å². The molecule has 3 heterocycles. The molecule has 0 spiro atoms. The summed E-state index contributed by atoms with van der Waals surface area (Å²) in [6, 6.07) is 17.1. The summed E-state index contributed by atoms with van der Waals surface area (Å²) >= 11 is 0. The molecule has 168 valence electrons. The van der Waals surface area contributed by atoms with Crippen LogP contribution in [0.4, 0.5) is 0 Å². The van der Waals surface area contributed by atoms with Gasteiger partial charge in [-0.15, -0.1) is 0 Å². The van der Waals surface area contributed by atoms with Gasteiger partial charge in [0.2, 0.25) is 12.0 Å². The predicted octanol–water partition coefficient (Wildman–Crippen LogP) is 2.33. The highest BCUT2D eigenvalue weighted by Gasteiger charge is 2.37. The van der Waals surface area contributed by atoms with Gasteiger partial charge in [-0.2, -0.15) is 0 Å². The van der Waals surface area contributed by atoms with E-state index in [0.29, 0.717) is 37.7 Å². The molecule has 7 heteroatoms. The molecule has 0 bridgehead atoms. The van der Waals surface area contributed by atoms with Crippen molar-refractivity contribution < 1.29 is 19.1 Å². The highest BCUT2D eigenvalue weighted by Crippen LogP contribution is 2.32. The second-order valence-corrected chi connectivity index (χ2v) is 8.57. The van der Waals surface area contributed by atoms with Gasteiger partial charge in [0.15, 0.2) is 11.5 Å². The molecule has 2 saturated heterocycles. The number of nitrogens with zero attached hydrogens (tertiary/aromatic N) is 3. The minimum absolute atomic E-state index is 0.0544. The summed E-state index contributed by atoms with van der Waals surface area (Å²) in [6.07, 6.45) is 1.51. The van der Waals surface area contributed by atoms with E-state index in [0.717, 1.165) is 31.5 Å². The first-order chi connectivity index (χ1) is 15.7. The maximum atomic E-state index is 13.4. The zero-order valence-corrected chi connectivity index (χ0v) is 18.2. The second kappa shape index (κ2) is 9.20. The number of rotatable bonds is 4. The van der Waals surface area contributed by atoms with Crippen molar-refractivity contribution in [3.05, 3.63) is 60.2 Å². The number of likely N-dealkylation sites (tertiary alicyclic amines) is 1. The van der Waals surface area contributed by atoms with Crippen LogP contribution in [0.2, 0.25) is 0 Å². The van der Waals surface area contributed by atoms with E-state index in [-0.39, 0.29) is 24.5 Å². The Morgan fingerprint density at radius 2 is 1.44 bits per heavy atom. The molecule has 5 rings (SSSR count). The van der Waals surface area contributed by atoms with Gasteiger partial charge in [0.25, 0.3) is 5.91 Å². The average Bonchev–Trinajstić information content (AvgIpc) is 3.40. The van der Waals surface area contributed by atoms with Gasteiger partial charge in [-0.1, -0.05) is 42.5 Å². The van der Waals surface area contributed by atoms with E-state index in [4.69, 9.17) is 9.47 Å². The third-order valence-corrected chi connectivity index (χ3v) is 6.54. The monoisotopic (exact) mass is 435 g/mol. The van der Waals surface area contributed by atoms with Gasteiger partial charge in [-0.25, -0.2) is 0 Å². The van der Waals surface area contributed by atoms with Crippen molar-refractivity contribution in [2.24, 2.45) is 0 Å². The zero-order chi connectivity index (χ0) is 21.9. The van der Waals surface area contributed by atoms with Crippen LogP contribution < -0.4 is 9.47 Å². The lowest BCUT2D eigenvalue weighted by Gasteiger charge is -2.41. The van der Waals surface area contributed by atoms with E-state index in [9.17, 15) is 9.59 Å². The number of benzene rings is 2. The van der Waals surface area contributed by atoms with Crippen molar-refractivity contribution in [2.45, 2.75) is 25.0 Å². The molecule has 0 aliphatic carbocycles. The molecule has 7 nitrogen and oxygen atoms in total. The molecule has 32 heavy (non-hydrogen) atoms. The Morgan fingerprint density at radius 3 is 2.16 bits per heavy atom. The van der Waals surface area contributed by atoms with Gasteiger partial charge < -0.3 is 19.3 Å². The molecule has 0 unspecified atom stereocenters. The molecule has 2 aromatic rings. The lowest BCUT2D eigenvalue weighted by Crippen LogP contribution is -2.56. The van der Waals surface area contributed by atoms with E-state index in [1.807, 2.05) is 64.4 Å². The van der Waals surface area contributed by atoms with Crippen LogP contribution in [0.25, 0.3) is 0 Å². The molecule has 3 aliphatic heterocycles. The van der Waals surface area contributed by atoms with E-state index in [1.54, 1.807) is 0 Å². The molecule has 0 aromatic heterocycles. The highest BCUT2D eigenvalue weighted by atomic mass is 16.6. The maximum Gasteiger partial charge on any atom is 0.267 e. The summed E-state index contributed by atoms with van der Waals surface area (Å²) in [6.45, 7) is 4.32. The number of carbonyl (C=O) groups is 2. The molecular weight excluding hydrogens is 406 g/mol. The minimum Gasteiger partial charge on any atom is -0.485 e. The molecular formula is C25H29N3O4. The Hall–Kier alpha value is -3.06. The van der Waals surface area contributed by atoms with Gasteiger partial charge in [0.1, 0.15) is 12.6 Å². The van der Waals surface area contributed by atoms with Gasteiger partial charge in [0, 0.05) is 39.3 Å². The first-order valence-corrected chi connectivity index (χ1v) is 11.5. The molecule has 2 atom stereocenters. The number of carbonyl (C=O) groups excluding carboxylic acids is 2. The lowest BCUT2D eigenvalue weighted by atomic mass is 10.0. The van der Waals surface area contributed by atoms with E-state index >= 15 is 0 Å². The van der Waals surface area contributed by atoms with Crippen LogP contribution in [-0.4, -0.2) is 78.5 Å². The number of hydrogen-bond acceptors (Lipinski definition) is 5. The summed E-state index contributed by atoms with van der Waals surface area (Å²) in [7, 11) is 0. The smallest absolute Gasteiger partial charge is 0.267 e. The number of hydrogen-bond donors (Lipinski definition) is 0. The van der Waals surface area contributed by atoms with Gasteiger partial charge >= 0.3 is 0 Å². The fourth-order valence-corrected chi connectivity index (χ4v) is 4.80. The van der Waals surface area contributed by atoms with Crippen LogP contribution in [0.5, 0.6) is 11.5 Å². The normalized spacial score (nSPS) is 21.9. The second-order valence-electron chi connectivity index (χ2n) is 8.57. The standard InChI is InChI=1S/C25H29N3O4/c29-24(22-18-31-20-10-4-5-11-21(20)32-22)28-16-14-26(15-17-28)23(19-8-2-1-3-9-19)25(30)27-12-6-7-13-27/h1-5,8-11,22-23H,6-7,12-18H2/t22-,23-/m0/s1. The highest BCUT2D eigenvalue weighted by molar-refractivity contribution is 5.84. The topological polar surface area (TPSA) is 62.3 Å². The van der Waals surface area contributed by atoms with Crippen LogP contribution in [0.3, 0.4) is 0 Å². The Bertz CT molecular complexity index is 953. The molecule has 0 saturated carbocycles. The van der Waals surface area contributed by atoms with Crippen LogP contribution in [0.15, 0.2) is 54.6 Å². The van der Waals surface area contributed by atoms with Gasteiger partial charge in [-0.05, 0) is 30.5 Å². The lowest BCUT2D eigenvalue weighted by molar-refractivity contribution is -0.144. The van der Waals surface area contributed by atoms with Crippen molar-refractivity contribution in [1.29, 1.82) is 0 Å². The van der Waals surface area contributed by atoms with Crippen molar-refractivity contribution in [2.75, 3.05) is 45.9 Å². The van der Waals surface area contributed by atoms with Crippen molar-refractivity contribution in [3.63, 3.8) is 0 Å². The molecule has 3 aliphatic rings. The summed E-state index contributed by atoms with van der Waals surface area (Å²) in [5, 5.41) is 0. The quantitative estimate of drug-likeness (QED) is 0.738. The summed E-state index contributed by atoms with van der Waals surface area (Å²) < 4.78 is 11.6. The number of fused-ring (bicyclic) bond motifs is 1. The molecule has 2 amide bonds. The SMILES string of the molecule is O=C([C@@H]1COc2ccccc2O1)N1CCN([C@H](C(=O)N2CCCC2)c2ccccc2)CC1. The fraction of sp³-hybridized carbons (Fsp3) is 0.440. The van der Waals surface area contributed by atoms with Crippen LogP contribution in [-0.2, 0) is 9.59 Å². The third-order valence-electron chi connectivity index (χ3n) is 6.54.